The van der Waals surface area contributed by atoms with E-state index in [4.69, 9.17) is 4.74 Å². The molecule has 0 bridgehead atoms. The van der Waals surface area contributed by atoms with E-state index in [0.29, 0.717) is 5.41 Å². The monoisotopic (exact) mass is 244 g/mol. The summed E-state index contributed by atoms with van der Waals surface area (Å²) in [5.41, 5.74) is 4.55. The van der Waals surface area contributed by atoms with Gasteiger partial charge < -0.3 is 4.74 Å². The van der Waals surface area contributed by atoms with Crippen LogP contribution < -0.4 is 0 Å². The molecule has 2 nitrogen and oxygen atoms in total. The molecule has 0 atom stereocenters. The van der Waals surface area contributed by atoms with Gasteiger partial charge >= 0.3 is 5.97 Å². The molecule has 0 radical (unpaired) electrons. The van der Waals surface area contributed by atoms with Crippen LogP contribution in [-0.2, 0) is 27.8 Å². The fourth-order valence-electron chi connectivity index (χ4n) is 2.55. The Hall–Kier alpha value is -1.57. The summed E-state index contributed by atoms with van der Waals surface area (Å²) in [6, 6.07) is 6.70. The maximum absolute atomic E-state index is 10.6. The highest BCUT2D eigenvalue weighted by Gasteiger charge is 2.29. The molecule has 0 aliphatic heterocycles. The molecule has 96 valence electrons. The van der Waals surface area contributed by atoms with Crippen LogP contribution in [0, 0.1) is 0 Å². The summed E-state index contributed by atoms with van der Waals surface area (Å²) in [5, 5.41) is 0. The Bertz CT molecular complexity index is 484. The number of carbonyl (C=O) groups is 1. The van der Waals surface area contributed by atoms with E-state index in [0.717, 1.165) is 6.42 Å². The molecular formula is C16H20O2. The minimum Gasteiger partial charge on any atom is -0.435 e. The van der Waals surface area contributed by atoms with Crippen LogP contribution in [-0.4, -0.2) is 5.97 Å². The van der Waals surface area contributed by atoms with Gasteiger partial charge in [0.1, 0.15) is 0 Å². The van der Waals surface area contributed by atoms with Gasteiger partial charge in [-0.15, -0.1) is 0 Å². The third-order valence-corrected chi connectivity index (χ3v) is 3.60. The summed E-state index contributed by atoms with van der Waals surface area (Å²) < 4.78 is 4.77. The van der Waals surface area contributed by atoms with Gasteiger partial charge in [0.25, 0.3) is 0 Å². The third kappa shape index (κ3) is 2.81. The SMILES string of the molecule is CC(=O)O/C=C/Cc1ccc2c(c1)CCC2(C)C. The summed E-state index contributed by atoms with van der Waals surface area (Å²) in [4.78, 5) is 10.6. The lowest BCUT2D eigenvalue weighted by atomic mass is 9.86. The van der Waals surface area contributed by atoms with E-state index in [1.165, 1.54) is 42.7 Å². The molecule has 1 aliphatic carbocycles. The van der Waals surface area contributed by atoms with Crippen LogP contribution in [0.2, 0.25) is 0 Å². The number of carbonyl (C=O) groups excluding carboxylic acids is 1. The van der Waals surface area contributed by atoms with Gasteiger partial charge in [-0.1, -0.05) is 32.0 Å². The first-order valence-electron chi connectivity index (χ1n) is 6.43. The van der Waals surface area contributed by atoms with E-state index >= 15 is 0 Å². The number of esters is 1. The number of aryl methyl sites for hydroxylation is 1. The maximum atomic E-state index is 10.6. The summed E-state index contributed by atoms with van der Waals surface area (Å²) in [6.45, 7) is 6.01. The van der Waals surface area contributed by atoms with E-state index in [1.54, 1.807) is 0 Å². The largest absolute Gasteiger partial charge is 0.435 e. The average Bonchev–Trinajstić information content (AvgIpc) is 2.61. The molecule has 1 aromatic carbocycles. The molecule has 0 heterocycles. The van der Waals surface area contributed by atoms with Gasteiger partial charge in [-0.3, -0.25) is 4.79 Å². The quantitative estimate of drug-likeness (QED) is 0.600. The van der Waals surface area contributed by atoms with E-state index in [-0.39, 0.29) is 5.97 Å². The van der Waals surface area contributed by atoms with Crippen molar-refractivity contribution in [2.24, 2.45) is 0 Å². The summed E-state index contributed by atoms with van der Waals surface area (Å²) in [6.07, 6.45) is 6.56. The van der Waals surface area contributed by atoms with E-state index in [1.807, 2.05) is 6.08 Å². The summed E-state index contributed by atoms with van der Waals surface area (Å²) >= 11 is 0. The van der Waals surface area contributed by atoms with Crippen LogP contribution in [0.5, 0.6) is 0 Å². The molecule has 0 unspecified atom stereocenters. The molecule has 0 aromatic heterocycles. The summed E-state index contributed by atoms with van der Waals surface area (Å²) in [5.74, 6) is -0.276. The second-order valence-electron chi connectivity index (χ2n) is 5.56. The molecule has 0 saturated heterocycles. The van der Waals surface area contributed by atoms with Crippen LogP contribution in [0.4, 0.5) is 0 Å². The number of benzene rings is 1. The lowest BCUT2D eigenvalue weighted by molar-refractivity contribution is -0.135. The smallest absolute Gasteiger partial charge is 0.307 e. The van der Waals surface area contributed by atoms with Gasteiger partial charge in [0.05, 0.1) is 6.26 Å². The van der Waals surface area contributed by atoms with Crippen LogP contribution in [0.25, 0.3) is 0 Å². The Morgan fingerprint density at radius 1 is 1.44 bits per heavy atom. The Balaban J connectivity index is 2.05. The third-order valence-electron chi connectivity index (χ3n) is 3.60. The molecule has 0 fully saturated rings. The number of fused-ring (bicyclic) bond motifs is 1. The van der Waals surface area contributed by atoms with Gasteiger partial charge in [-0.2, -0.15) is 0 Å². The molecule has 2 rings (SSSR count). The molecule has 0 spiro atoms. The molecule has 0 N–H and O–H groups in total. The number of allylic oxidation sites excluding steroid dienone is 1. The van der Waals surface area contributed by atoms with E-state index < -0.39 is 0 Å². The predicted octanol–water partition coefficient (Wildman–Crippen LogP) is 3.53. The van der Waals surface area contributed by atoms with Crippen molar-refractivity contribution >= 4 is 5.97 Å². The topological polar surface area (TPSA) is 26.3 Å². The number of hydrogen-bond acceptors (Lipinski definition) is 2. The van der Waals surface area contributed by atoms with Gasteiger partial charge in [0, 0.05) is 6.92 Å². The van der Waals surface area contributed by atoms with Crippen LogP contribution in [0.3, 0.4) is 0 Å². The highest BCUT2D eigenvalue weighted by molar-refractivity contribution is 5.66. The molecule has 0 saturated carbocycles. The van der Waals surface area contributed by atoms with Crippen molar-refractivity contribution in [2.75, 3.05) is 0 Å². The molecular weight excluding hydrogens is 224 g/mol. The highest BCUT2D eigenvalue weighted by Crippen LogP contribution is 2.38. The van der Waals surface area contributed by atoms with Crippen molar-refractivity contribution < 1.29 is 9.53 Å². The first-order valence-corrected chi connectivity index (χ1v) is 6.43. The first kappa shape index (κ1) is 12.9. The molecule has 18 heavy (non-hydrogen) atoms. The summed E-state index contributed by atoms with van der Waals surface area (Å²) in [7, 11) is 0. The first-order chi connectivity index (χ1) is 8.49. The minimum atomic E-state index is -0.276. The standard InChI is InChI=1S/C16H20O2/c1-12(17)18-10-4-5-13-6-7-15-14(11-13)8-9-16(15,2)3/h4,6-7,10-11H,5,8-9H2,1-3H3/b10-4+. The Morgan fingerprint density at radius 3 is 2.94 bits per heavy atom. The van der Waals surface area contributed by atoms with Crippen molar-refractivity contribution in [3.05, 3.63) is 47.2 Å². The number of hydrogen-bond donors (Lipinski definition) is 0. The normalized spacial score (nSPS) is 16.8. The maximum Gasteiger partial charge on any atom is 0.307 e. The van der Waals surface area contributed by atoms with Gasteiger partial charge in [0.2, 0.25) is 0 Å². The van der Waals surface area contributed by atoms with Crippen molar-refractivity contribution in [3.63, 3.8) is 0 Å². The number of rotatable bonds is 3. The zero-order chi connectivity index (χ0) is 13.2. The second-order valence-corrected chi connectivity index (χ2v) is 5.56. The van der Waals surface area contributed by atoms with Crippen molar-refractivity contribution in [1.29, 1.82) is 0 Å². The number of ether oxygens (including phenoxy) is 1. The second kappa shape index (κ2) is 4.97. The predicted molar refractivity (Wildman–Crippen MR) is 72.4 cm³/mol. The van der Waals surface area contributed by atoms with Crippen molar-refractivity contribution in [3.8, 4) is 0 Å². The van der Waals surface area contributed by atoms with Crippen LogP contribution in [0.15, 0.2) is 30.5 Å². The molecule has 0 amide bonds. The Labute approximate surface area is 109 Å². The Morgan fingerprint density at radius 2 is 2.22 bits per heavy atom. The highest BCUT2D eigenvalue weighted by atomic mass is 16.5. The van der Waals surface area contributed by atoms with E-state index in [2.05, 4.69) is 32.0 Å². The minimum absolute atomic E-state index is 0.276. The van der Waals surface area contributed by atoms with Gasteiger partial charge in [-0.05, 0) is 47.4 Å². The van der Waals surface area contributed by atoms with Crippen LogP contribution in [0.1, 0.15) is 43.9 Å². The van der Waals surface area contributed by atoms with Crippen molar-refractivity contribution in [1.82, 2.24) is 0 Å². The lowest BCUT2D eigenvalue weighted by Gasteiger charge is -2.18. The van der Waals surface area contributed by atoms with E-state index in [9.17, 15) is 4.79 Å². The zero-order valence-electron chi connectivity index (χ0n) is 11.3. The molecule has 2 heteroatoms. The fourth-order valence-corrected chi connectivity index (χ4v) is 2.55. The Kier molecular flexibility index (Phi) is 3.55. The van der Waals surface area contributed by atoms with Gasteiger partial charge in [0.15, 0.2) is 0 Å². The average molecular weight is 244 g/mol. The fraction of sp³-hybridized carbons (Fsp3) is 0.438. The van der Waals surface area contributed by atoms with Crippen LogP contribution >= 0.6 is 0 Å². The van der Waals surface area contributed by atoms with Gasteiger partial charge in [-0.25, -0.2) is 0 Å². The lowest BCUT2D eigenvalue weighted by Crippen LogP contribution is -2.11. The van der Waals surface area contributed by atoms with Crippen molar-refractivity contribution in [2.45, 2.75) is 45.4 Å². The molecule has 1 aliphatic rings. The molecule has 1 aromatic rings. The zero-order valence-corrected chi connectivity index (χ0v) is 11.3.